The van der Waals surface area contributed by atoms with Crippen molar-refractivity contribution in [2.24, 2.45) is 0 Å². The Morgan fingerprint density at radius 2 is 1.79 bits per heavy atom. The van der Waals surface area contributed by atoms with Gasteiger partial charge in [0.1, 0.15) is 0 Å². The molecule has 0 spiro atoms. The predicted octanol–water partition coefficient (Wildman–Crippen LogP) is 1.84. The number of carbonyl (C=O) groups excluding carboxylic acids is 1. The smallest absolute Gasteiger partial charge is 0.254 e. The summed E-state index contributed by atoms with van der Waals surface area (Å²) >= 11 is 0. The SMILES string of the molecule is CCCCN(C)C(=O)c1ccccc1S(=O)(=O)NCCNCCC. The lowest BCUT2D eigenvalue weighted by atomic mass is 10.2. The fraction of sp³-hybridized carbons (Fsp3) is 0.588. The minimum atomic E-state index is -3.71. The molecule has 2 N–H and O–H groups in total. The molecule has 0 bridgehead atoms. The van der Waals surface area contributed by atoms with Crippen LogP contribution in [0.25, 0.3) is 0 Å². The van der Waals surface area contributed by atoms with Gasteiger partial charge in [-0.1, -0.05) is 32.4 Å². The van der Waals surface area contributed by atoms with E-state index in [2.05, 4.69) is 10.0 Å². The molecule has 0 aliphatic rings. The molecule has 0 aliphatic heterocycles. The monoisotopic (exact) mass is 355 g/mol. The van der Waals surface area contributed by atoms with E-state index in [0.29, 0.717) is 13.1 Å². The Hall–Kier alpha value is -1.44. The third kappa shape index (κ3) is 6.22. The van der Waals surface area contributed by atoms with Crippen molar-refractivity contribution in [3.05, 3.63) is 29.8 Å². The van der Waals surface area contributed by atoms with Gasteiger partial charge in [0.15, 0.2) is 0 Å². The van der Waals surface area contributed by atoms with Gasteiger partial charge in [-0.3, -0.25) is 4.79 Å². The van der Waals surface area contributed by atoms with E-state index in [4.69, 9.17) is 0 Å². The lowest BCUT2D eigenvalue weighted by molar-refractivity contribution is 0.0789. The number of rotatable bonds is 11. The summed E-state index contributed by atoms with van der Waals surface area (Å²) in [5, 5.41) is 3.14. The van der Waals surface area contributed by atoms with Gasteiger partial charge < -0.3 is 10.2 Å². The van der Waals surface area contributed by atoms with Gasteiger partial charge in [-0.15, -0.1) is 0 Å². The van der Waals surface area contributed by atoms with Crippen LogP contribution in [0.15, 0.2) is 29.2 Å². The first-order valence-electron chi connectivity index (χ1n) is 8.48. The minimum Gasteiger partial charge on any atom is -0.342 e. The molecule has 0 saturated heterocycles. The molecule has 0 radical (unpaired) electrons. The van der Waals surface area contributed by atoms with Gasteiger partial charge in [0.05, 0.1) is 10.5 Å². The third-order valence-electron chi connectivity index (χ3n) is 3.62. The quantitative estimate of drug-likeness (QED) is 0.594. The zero-order valence-corrected chi connectivity index (χ0v) is 15.7. The summed E-state index contributed by atoms with van der Waals surface area (Å²) in [7, 11) is -2.02. The van der Waals surface area contributed by atoms with E-state index in [0.717, 1.165) is 25.8 Å². The highest BCUT2D eigenvalue weighted by molar-refractivity contribution is 7.89. The largest absolute Gasteiger partial charge is 0.342 e. The molecule has 0 aromatic heterocycles. The second kappa shape index (κ2) is 10.4. The van der Waals surface area contributed by atoms with Crippen LogP contribution >= 0.6 is 0 Å². The molecule has 1 aromatic carbocycles. The maximum atomic E-state index is 12.6. The van der Waals surface area contributed by atoms with Crippen LogP contribution in [0.2, 0.25) is 0 Å². The maximum absolute atomic E-state index is 12.6. The van der Waals surface area contributed by atoms with Crippen molar-refractivity contribution in [1.29, 1.82) is 0 Å². The summed E-state index contributed by atoms with van der Waals surface area (Å²) in [4.78, 5) is 14.2. The van der Waals surface area contributed by atoms with Crippen LogP contribution in [0, 0.1) is 0 Å². The highest BCUT2D eigenvalue weighted by Crippen LogP contribution is 2.17. The molecule has 0 fully saturated rings. The Balaban J connectivity index is 2.86. The topological polar surface area (TPSA) is 78.5 Å². The van der Waals surface area contributed by atoms with Crippen molar-refractivity contribution >= 4 is 15.9 Å². The molecule has 0 unspecified atom stereocenters. The highest BCUT2D eigenvalue weighted by atomic mass is 32.2. The molecule has 1 rings (SSSR count). The number of nitrogens with one attached hydrogen (secondary N) is 2. The fourth-order valence-corrected chi connectivity index (χ4v) is 3.46. The van der Waals surface area contributed by atoms with E-state index < -0.39 is 10.0 Å². The van der Waals surface area contributed by atoms with Crippen molar-refractivity contribution in [3.8, 4) is 0 Å². The maximum Gasteiger partial charge on any atom is 0.254 e. The van der Waals surface area contributed by atoms with Gasteiger partial charge in [-0.2, -0.15) is 0 Å². The summed E-state index contributed by atoms with van der Waals surface area (Å²) in [5.74, 6) is -0.270. The summed E-state index contributed by atoms with van der Waals surface area (Å²) in [6.07, 6.45) is 2.86. The predicted molar refractivity (Wildman–Crippen MR) is 96.7 cm³/mol. The van der Waals surface area contributed by atoms with Crippen LogP contribution in [0.5, 0.6) is 0 Å². The summed E-state index contributed by atoms with van der Waals surface area (Å²) in [5.41, 5.74) is 0.213. The first-order valence-corrected chi connectivity index (χ1v) is 9.97. The van der Waals surface area contributed by atoms with Crippen LogP contribution < -0.4 is 10.0 Å². The number of unbranched alkanes of at least 4 members (excludes halogenated alkanes) is 1. The van der Waals surface area contributed by atoms with Crippen molar-refractivity contribution in [1.82, 2.24) is 14.9 Å². The zero-order chi connectivity index (χ0) is 18.0. The number of carbonyl (C=O) groups is 1. The molecule has 6 nitrogen and oxygen atoms in total. The van der Waals surface area contributed by atoms with E-state index in [-0.39, 0.29) is 22.9 Å². The molecular weight excluding hydrogens is 326 g/mol. The molecule has 0 aliphatic carbocycles. The van der Waals surface area contributed by atoms with E-state index in [1.165, 1.54) is 6.07 Å². The number of amides is 1. The Kier molecular flexibility index (Phi) is 8.95. The summed E-state index contributed by atoms with van der Waals surface area (Å²) in [6, 6.07) is 6.35. The van der Waals surface area contributed by atoms with Crippen molar-refractivity contribution in [2.45, 2.75) is 38.0 Å². The average Bonchev–Trinajstić information content (AvgIpc) is 2.58. The van der Waals surface area contributed by atoms with Crippen LogP contribution in [0.4, 0.5) is 0 Å². The van der Waals surface area contributed by atoms with Gasteiger partial charge in [0.2, 0.25) is 10.0 Å². The van der Waals surface area contributed by atoms with Crippen LogP contribution in [-0.2, 0) is 10.0 Å². The first-order chi connectivity index (χ1) is 11.4. The van der Waals surface area contributed by atoms with E-state index in [1.54, 1.807) is 30.1 Å². The van der Waals surface area contributed by atoms with E-state index in [9.17, 15) is 13.2 Å². The van der Waals surface area contributed by atoms with Crippen molar-refractivity contribution in [2.75, 3.05) is 33.2 Å². The molecule has 0 saturated carbocycles. The molecule has 24 heavy (non-hydrogen) atoms. The molecule has 1 amide bonds. The van der Waals surface area contributed by atoms with Crippen molar-refractivity contribution < 1.29 is 13.2 Å². The molecule has 7 heteroatoms. The van der Waals surface area contributed by atoms with Crippen LogP contribution in [0.3, 0.4) is 0 Å². The number of sulfonamides is 1. The van der Waals surface area contributed by atoms with E-state index in [1.807, 2.05) is 13.8 Å². The van der Waals surface area contributed by atoms with Crippen LogP contribution in [0.1, 0.15) is 43.5 Å². The van der Waals surface area contributed by atoms with Crippen molar-refractivity contribution in [3.63, 3.8) is 0 Å². The summed E-state index contributed by atoms with van der Waals surface area (Å²) < 4.78 is 27.6. The molecule has 0 heterocycles. The Morgan fingerprint density at radius 1 is 1.08 bits per heavy atom. The normalized spacial score (nSPS) is 11.5. The summed E-state index contributed by atoms with van der Waals surface area (Å²) in [6.45, 7) is 6.40. The lowest BCUT2D eigenvalue weighted by Crippen LogP contribution is -2.34. The van der Waals surface area contributed by atoms with Gasteiger partial charge in [-0.05, 0) is 31.5 Å². The molecule has 136 valence electrons. The number of hydrogen-bond acceptors (Lipinski definition) is 4. The number of hydrogen-bond donors (Lipinski definition) is 2. The Morgan fingerprint density at radius 3 is 2.46 bits per heavy atom. The molecular formula is C17H29N3O3S. The third-order valence-corrected chi connectivity index (χ3v) is 5.14. The first kappa shape index (κ1) is 20.6. The van der Waals surface area contributed by atoms with E-state index >= 15 is 0 Å². The minimum absolute atomic E-state index is 0.0360. The van der Waals surface area contributed by atoms with Gasteiger partial charge in [-0.25, -0.2) is 13.1 Å². The average molecular weight is 356 g/mol. The van der Waals surface area contributed by atoms with Gasteiger partial charge in [0, 0.05) is 26.7 Å². The standard InChI is InChI=1S/C17H29N3O3S/c1-4-6-14-20(3)17(21)15-9-7-8-10-16(15)24(22,23)19-13-12-18-11-5-2/h7-10,18-19H,4-6,11-14H2,1-3H3. The van der Waals surface area contributed by atoms with Gasteiger partial charge in [0.25, 0.3) is 5.91 Å². The Bertz CT molecular complexity index is 617. The lowest BCUT2D eigenvalue weighted by Gasteiger charge is -2.19. The van der Waals surface area contributed by atoms with Crippen LogP contribution in [-0.4, -0.2) is 52.5 Å². The molecule has 0 atom stereocenters. The number of benzene rings is 1. The highest BCUT2D eigenvalue weighted by Gasteiger charge is 2.23. The second-order valence-corrected chi connectivity index (χ2v) is 7.46. The molecule has 1 aromatic rings. The second-order valence-electron chi connectivity index (χ2n) is 5.72. The van der Waals surface area contributed by atoms with Gasteiger partial charge >= 0.3 is 0 Å². The zero-order valence-electron chi connectivity index (χ0n) is 14.8. The Labute approximate surface area is 145 Å². The fourth-order valence-electron chi connectivity index (χ4n) is 2.23. The number of nitrogens with zero attached hydrogens (tertiary/aromatic N) is 1.